The van der Waals surface area contributed by atoms with Crippen LogP contribution in [0.4, 0.5) is 15.8 Å². The minimum absolute atomic E-state index is 0.0378. The van der Waals surface area contributed by atoms with Gasteiger partial charge in [-0.25, -0.2) is 4.39 Å². The van der Waals surface area contributed by atoms with E-state index in [1.807, 2.05) is 6.92 Å². The Hall–Kier alpha value is -1.69. The van der Waals surface area contributed by atoms with E-state index in [-0.39, 0.29) is 11.7 Å². The Morgan fingerprint density at radius 3 is 2.82 bits per heavy atom. The summed E-state index contributed by atoms with van der Waals surface area (Å²) in [5.41, 5.74) is 0.0415. The van der Waals surface area contributed by atoms with Crippen LogP contribution in [0.2, 0.25) is 0 Å². The summed E-state index contributed by atoms with van der Waals surface area (Å²) in [6, 6.07) is 3.42. The van der Waals surface area contributed by atoms with Crippen LogP contribution in [0.15, 0.2) is 18.2 Å². The number of nitrogens with one attached hydrogen (secondary N) is 1. The number of nitrogens with zero attached hydrogens (tertiary/aromatic N) is 1. The molecule has 0 saturated carbocycles. The minimum Gasteiger partial charge on any atom is -0.383 e. The molecule has 1 aromatic rings. The van der Waals surface area contributed by atoms with E-state index in [1.165, 1.54) is 12.1 Å². The molecule has 0 bridgehead atoms. The first kappa shape index (κ1) is 13.4. The first-order valence-electron chi connectivity index (χ1n) is 5.27. The molecular formula is C11H15FN2O3. The topological polar surface area (TPSA) is 64.4 Å². The molecule has 6 heteroatoms. The molecule has 94 valence electrons. The number of hydrogen-bond donors (Lipinski definition) is 1. The molecule has 1 atom stereocenters. The molecular weight excluding hydrogens is 227 g/mol. The smallest absolute Gasteiger partial charge is 0.295 e. The number of nitro benzene ring substituents is 1. The third kappa shape index (κ3) is 3.67. The van der Waals surface area contributed by atoms with Gasteiger partial charge >= 0.3 is 0 Å². The quantitative estimate of drug-likeness (QED) is 0.615. The number of benzene rings is 1. The lowest BCUT2D eigenvalue weighted by Gasteiger charge is -2.17. The van der Waals surface area contributed by atoms with Crippen LogP contribution in [-0.4, -0.2) is 24.7 Å². The van der Waals surface area contributed by atoms with Gasteiger partial charge in [0.2, 0.25) is 0 Å². The number of hydrogen-bond acceptors (Lipinski definition) is 4. The molecule has 0 saturated heterocycles. The second-order valence-corrected chi connectivity index (χ2v) is 3.62. The fourth-order valence-electron chi connectivity index (χ4n) is 1.46. The van der Waals surface area contributed by atoms with E-state index in [2.05, 4.69) is 5.32 Å². The van der Waals surface area contributed by atoms with Crippen molar-refractivity contribution in [1.82, 2.24) is 0 Å². The van der Waals surface area contributed by atoms with Gasteiger partial charge < -0.3 is 10.1 Å². The van der Waals surface area contributed by atoms with Crippen molar-refractivity contribution in [3.8, 4) is 0 Å². The summed E-state index contributed by atoms with van der Waals surface area (Å²) in [5.74, 6) is -0.623. The van der Waals surface area contributed by atoms with Crippen molar-refractivity contribution in [2.75, 3.05) is 19.0 Å². The van der Waals surface area contributed by atoms with Gasteiger partial charge in [0, 0.05) is 13.2 Å². The molecule has 0 heterocycles. The van der Waals surface area contributed by atoms with Crippen molar-refractivity contribution < 1.29 is 14.1 Å². The average molecular weight is 242 g/mol. The zero-order chi connectivity index (χ0) is 12.8. The zero-order valence-corrected chi connectivity index (χ0v) is 9.77. The third-order valence-electron chi connectivity index (χ3n) is 2.38. The average Bonchev–Trinajstić information content (AvgIpc) is 2.30. The number of halogens is 1. The Balaban J connectivity index is 2.92. The van der Waals surface area contributed by atoms with E-state index < -0.39 is 10.7 Å². The molecule has 0 amide bonds. The molecule has 17 heavy (non-hydrogen) atoms. The molecule has 0 aliphatic heterocycles. The van der Waals surface area contributed by atoms with Gasteiger partial charge in [-0.2, -0.15) is 0 Å². The van der Waals surface area contributed by atoms with Crippen molar-refractivity contribution in [2.45, 2.75) is 19.4 Å². The van der Waals surface area contributed by atoms with Crippen LogP contribution in [-0.2, 0) is 4.74 Å². The van der Waals surface area contributed by atoms with E-state index in [1.54, 1.807) is 7.11 Å². The molecule has 1 N–H and O–H groups in total. The molecule has 0 aliphatic carbocycles. The van der Waals surface area contributed by atoms with E-state index in [4.69, 9.17) is 4.74 Å². The summed E-state index contributed by atoms with van der Waals surface area (Å²) in [7, 11) is 1.56. The second kappa shape index (κ2) is 6.15. The van der Waals surface area contributed by atoms with Crippen molar-refractivity contribution in [2.24, 2.45) is 0 Å². The third-order valence-corrected chi connectivity index (χ3v) is 2.38. The highest BCUT2D eigenvalue weighted by molar-refractivity contribution is 5.61. The number of anilines is 1. The van der Waals surface area contributed by atoms with Crippen LogP contribution in [0.5, 0.6) is 0 Å². The highest BCUT2D eigenvalue weighted by atomic mass is 19.1. The molecule has 0 spiro atoms. The highest BCUT2D eigenvalue weighted by Gasteiger charge is 2.17. The number of ether oxygens (including phenoxy) is 1. The summed E-state index contributed by atoms with van der Waals surface area (Å²) < 4.78 is 17.9. The van der Waals surface area contributed by atoms with Gasteiger partial charge in [0.25, 0.3) is 5.69 Å². The monoisotopic (exact) mass is 242 g/mol. The van der Waals surface area contributed by atoms with Gasteiger partial charge in [-0.1, -0.05) is 6.92 Å². The van der Waals surface area contributed by atoms with Crippen molar-refractivity contribution in [3.63, 3.8) is 0 Å². The lowest BCUT2D eigenvalue weighted by molar-refractivity contribution is -0.384. The number of methoxy groups -OCH3 is 1. The first-order chi connectivity index (χ1) is 8.08. The molecule has 0 aliphatic rings. The maximum absolute atomic E-state index is 12.9. The Morgan fingerprint density at radius 1 is 1.59 bits per heavy atom. The maximum Gasteiger partial charge on any atom is 0.295 e. The summed E-state index contributed by atoms with van der Waals surface area (Å²) in [6.45, 7) is 2.37. The zero-order valence-electron chi connectivity index (χ0n) is 9.77. The van der Waals surface area contributed by atoms with Gasteiger partial charge in [0.15, 0.2) is 0 Å². The second-order valence-electron chi connectivity index (χ2n) is 3.62. The van der Waals surface area contributed by atoms with Crippen LogP contribution in [0.25, 0.3) is 0 Å². The largest absolute Gasteiger partial charge is 0.383 e. The molecule has 1 aromatic carbocycles. The van der Waals surface area contributed by atoms with Gasteiger partial charge in [0.05, 0.1) is 17.6 Å². The van der Waals surface area contributed by atoms with E-state index in [0.717, 1.165) is 12.5 Å². The van der Waals surface area contributed by atoms with Gasteiger partial charge in [-0.3, -0.25) is 10.1 Å². The molecule has 1 rings (SSSR count). The lowest BCUT2D eigenvalue weighted by atomic mass is 10.2. The van der Waals surface area contributed by atoms with Gasteiger partial charge in [-0.15, -0.1) is 0 Å². The Morgan fingerprint density at radius 2 is 2.29 bits per heavy atom. The predicted molar refractivity (Wildman–Crippen MR) is 62.6 cm³/mol. The molecule has 0 radical (unpaired) electrons. The number of nitro groups is 1. The van der Waals surface area contributed by atoms with Crippen LogP contribution >= 0.6 is 0 Å². The fourth-order valence-corrected chi connectivity index (χ4v) is 1.46. The highest BCUT2D eigenvalue weighted by Crippen LogP contribution is 2.25. The van der Waals surface area contributed by atoms with Crippen molar-refractivity contribution in [3.05, 3.63) is 34.1 Å². The first-order valence-corrected chi connectivity index (χ1v) is 5.27. The SMILES string of the molecule is CCC(COC)Nc1ccc(F)cc1[N+](=O)[O-]. The van der Waals surface area contributed by atoms with E-state index >= 15 is 0 Å². The van der Waals surface area contributed by atoms with Crippen molar-refractivity contribution >= 4 is 11.4 Å². The Kier molecular flexibility index (Phi) is 4.84. The molecule has 1 unspecified atom stereocenters. The molecule has 0 aromatic heterocycles. The van der Waals surface area contributed by atoms with Gasteiger partial charge in [0.1, 0.15) is 11.5 Å². The fraction of sp³-hybridized carbons (Fsp3) is 0.455. The van der Waals surface area contributed by atoms with Crippen LogP contribution in [0.3, 0.4) is 0 Å². The lowest BCUT2D eigenvalue weighted by Crippen LogP contribution is -2.24. The number of rotatable bonds is 6. The molecule has 5 nitrogen and oxygen atoms in total. The van der Waals surface area contributed by atoms with Crippen LogP contribution in [0, 0.1) is 15.9 Å². The Labute approximate surface area is 98.7 Å². The van der Waals surface area contributed by atoms with Crippen LogP contribution < -0.4 is 5.32 Å². The summed E-state index contributed by atoms with van der Waals surface area (Å²) >= 11 is 0. The summed E-state index contributed by atoms with van der Waals surface area (Å²) in [5, 5.41) is 13.7. The van der Waals surface area contributed by atoms with Gasteiger partial charge in [-0.05, 0) is 18.6 Å². The van der Waals surface area contributed by atoms with E-state index in [0.29, 0.717) is 12.3 Å². The Bertz CT molecular complexity index is 398. The standard InChI is InChI=1S/C11H15FN2O3/c1-3-9(7-17-2)13-10-5-4-8(12)6-11(10)14(15)16/h4-6,9,13H,3,7H2,1-2H3. The maximum atomic E-state index is 12.9. The van der Waals surface area contributed by atoms with E-state index in [9.17, 15) is 14.5 Å². The minimum atomic E-state index is -0.623. The van der Waals surface area contributed by atoms with Crippen LogP contribution in [0.1, 0.15) is 13.3 Å². The normalized spacial score (nSPS) is 12.2. The molecule has 0 fully saturated rings. The summed E-state index contributed by atoms with van der Waals surface area (Å²) in [6.07, 6.45) is 0.752. The summed E-state index contributed by atoms with van der Waals surface area (Å²) in [4.78, 5) is 10.2. The van der Waals surface area contributed by atoms with Crippen molar-refractivity contribution in [1.29, 1.82) is 0 Å². The predicted octanol–water partition coefficient (Wildman–Crippen LogP) is 2.57.